The highest BCUT2D eigenvalue weighted by Gasteiger charge is 2.22. The van der Waals surface area contributed by atoms with Crippen molar-refractivity contribution in [2.24, 2.45) is 0 Å². The minimum atomic E-state index is -0.386. The molecule has 9 heteroatoms. The Morgan fingerprint density at radius 3 is 2.81 bits per heavy atom. The van der Waals surface area contributed by atoms with Gasteiger partial charge in [0.1, 0.15) is 0 Å². The summed E-state index contributed by atoms with van der Waals surface area (Å²) in [6.07, 6.45) is 2.33. The monoisotopic (exact) mass is 402 g/mol. The lowest BCUT2D eigenvalue weighted by molar-refractivity contribution is -0.384. The van der Waals surface area contributed by atoms with E-state index in [1.807, 2.05) is 17.5 Å². The molecule has 7 nitrogen and oxygen atoms in total. The number of nitro benzene ring substituents is 1. The first kappa shape index (κ1) is 18.1. The topological polar surface area (TPSA) is 83.1 Å². The van der Waals surface area contributed by atoms with E-state index in [1.165, 1.54) is 12.1 Å². The van der Waals surface area contributed by atoms with E-state index >= 15 is 0 Å². The van der Waals surface area contributed by atoms with E-state index in [1.54, 1.807) is 35.2 Å². The molecule has 140 valence electrons. The highest BCUT2D eigenvalue weighted by Crippen LogP contribution is 2.30. The third kappa shape index (κ3) is 4.20. The average Bonchev–Trinajstić information content (AvgIpc) is 3.43. The van der Waals surface area contributed by atoms with Crippen molar-refractivity contribution < 1.29 is 9.66 Å². The second-order valence-corrected chi connectivity index (χ2v) is 8.13. The Bertz CT molecular complexity index is 903. The summed E-state index contributed by atoms with van der Waals surface area (Å²) in [5.41, 5.74) is 1.11. The Morgan fingerprint density at radius 2 is 2.15 bits per heavy atom. The van der Waals surface area contributed by atoms with Gasteiger partial charge in [-0.1, -0.05) is 30.0 Å². The Hall–Kier alpha value is -2.23. The van der Waals surface area contributed by atoms with Gasteiger partial charge in [-0.25, -0.2) is 0 Å². The van der Waals surface area contributed by atoms with Crippen molar-refractivity contribution in [1.82, 2.24) is 14.8 Å². The number of aromatic nitrogens is 3. The van der Waals surface area contributed by atoms with Crippen LogP contribution in [0, 0.1) is 10.1 Å². The van der Waals surface area contributed by atoms with Crippen LogP contribution in [0.15, 0.2) is 46.9 Å². The average molecular weight is 403 g/mol. The van der Waals surface area contributed by atoms with E-state index in [-0.39, 0.29) is 16.7 Å². The predicted octanol–water partition coefficient (Wildman–Crippen LogP) is 4.39. The van der Waals surface area contributed by atoms with Crippen LogP contribution in [0.3, 0.4) is 0 Å². The van der Waals surface area contributed by atoms with Crippen LogP contribution in [0.1, 0.15) is 18.4 Å². The largest absolute Gasteiger partial charge is 0.376 e. The molecule has 0 radical (unpaired) electrons. The van der Waals surface area contributed by atoms with Gasteiger partial charge in [0, 0.05) is 24.5 Å². The van der Waals surface area contributed by atoms with Gasteiger partial charge < -0.3 is 4.74 Å². The summed E-state index contributed by atoms with van der Waals surface area (Å²) >= 11 is 3.23. The molecule has 0 unspecified atom stereocenters. The molecule has 27 heavy (non-hydrogen) atoms. The Kier molecular flexibility index (Phi) is 5.51. The molecule has 1 aliphatic rings. The number of benzene rings is 1. The summed E-state index contributed by atoms with van der Waals surface area (Å²) in [6.45, 7) is 1.55. The summed E-state index contributed by atoms with van der Waals surface area (Å²) in [5.74, 6) is 1.54. The lowest BCUT2D eigenvalue weighted by atomic mass is 10.2. The molecule has 2 aromatic heterocycles. The molecule has 3 aromatic rings. The van der Waals surface area contributed by atoms with Crippen molar-refractivity contribution in [2.75, 3.05) is 6.61 Å². The van der Waals surface area contributed by atoms with E-state index < -0.39 is 0 Å². The number of hydrogen-bond donors (Lipinski definition) is 0. The highest BCUT2D eigenvalue weighted by molar-refractivity contribution is 7.98. The first-order valence-electron chi connectivity index (χ1n) is 8.65. The molecule has 1 saturated heterocycles. The van der Waals surface area contributed by atoms with Gasteiger partial charge in [0.2, 0.25) is 0 Å². The van der Waals surface area contributed by atoms with E-state index in [2.05, 4.69) is 14.8 Å². The second-order valence-electron chi connectivity index (χ2n) is 6.24. The van der Waals surface area contributed by atoms with Gasteiger partial charge in [0.15, 0.2) is 11.0 Å². The molecule has 0 amide bonds. The number of non-ortho nitro benzene ring substituents is 1. The van der Waals surface area contributed by atoms with Gasteiger partial charge in [0.25, 0.3) is 5.69 Å². The van der Waals surface area contributed by atoms with Gasteiger partial charge in [-0.3, -0.25) is 14.7 Å². The first-order chi connectivity index (χ1) is 13.2. The zero-order valence-corrected chi connectivity index (χ0v) is 16.1. The van der Waals surface area contributed by atoms with E-state index in [0.717, 1.165) is 47.4 Å². The maximum absolute atomic E-state index is 10.8. The molecule has 0 saturated carbocycles. The molecule has 0 spiro atoms. The summed E-state index contributed by atoms with van der Waals surface area (Å²) in [5, 5.41) is 22.5. The smallest absolute Gasteiger partial charge is 0.269 e. The fourth-order valence-corrected chi connectivity index (χ4v) is 4.62. The zero-order chi connectivity index (χ0) is 18.6. The Morgan fingerprint density at radius 1 is 1.30 bits per heavy atom. The molecule has 1 aliphatic heterocycles. The van der Waals surface area contributed by atoms with E-state index in [0.29, 0.717) is 5.75 Å². The molecule has 3 heterocycles. The van der Waals surface area contributed by atoms with E-state index in [4.69, 9.17) is 4.74 Å². The summed E-state index contributed by atoms with van der Waals surface area (Å²) < 4.78 is 7.94. The van der Waals surface area contributed by atoms with Crippen LogP contribution in [0.25, 0.3) is 10.7 Å². The number of nitrogens with zero attached hydrogens (tertiary/aromatic N) is 4. The molecule has 1 aromatic carbocycles. The maximum atomic E-state index is 10.8. The SMILES string of the molecule is O=[N+]([O-])c1ccc(CSc2nnc(-c3cccs3)n2C[C@H]2CCCO2)cc1. The van der Waals surface area contributed by atoms with Gasteiger partial charge >= 0.3 is 0 Å². The highest BCUT2D eigenvalue weighted by atomic mass is 32.2. The number of thioether (sulfide) groups is 1. The fourth-order valence-electron chi connectivity index (χ4n) is 3.00. The molecular formula is C18H18N4O3S2. The van der Waals surface area contributed by atoms with Crippen molar-refractivity contribution in [3.8, 4) is 10.7 Å². The van der Waals surface area contributed by atoms with Crippen molar-refractivity contribution in [3.63, 3.8) is 0 Å². The van der Waals surface area contributed by atoms with Crippen LogP contribution >= 0.6 is 23.1 Å². The minimum absolute atomic E-state index is 0.102. The van der Waals surface area contributed by atoms with Crippen LogP contribution in [0.4, 0.5) is 5.69 Å². The molecule has 1 fully saturated rings. The quantitative estimate of drug-likeness (QED) is 0.331. The number of thiophene rings is 1. The van der Waals surface area contributed by atoms with E-state index in [9.17, 15) is 10.1 Å². The maximum Gasteiger partial charge on any atom is 0.269 e. The van der Waals surface area contributed by atoms with Gasteiger partial charge in [-0.2, -0.15) is 0 Å². The Labute approximate surface area is 164 Å². The third-order valence-electron chi connectivity index (χ3n) is 4.38. The van der Waals surface area contributed by atoms with Crippen LogP contribution in [-0.2, 0) is 17.0 Å². The van der Waals surface area contributed by atoms with Crippen molar-refractivity contribution in [3.05, 3.63) is 57.5 Å². The first-order valence-corrected chi connectivity index (χ1v) is 10.5. The fraction of sp³-hybridized carbons (Fsp3) is 0.333. The standard InChI is InChI=1S/C18H18N4O3S2/c23-22(24)14-7-5-13(6-8-14)12-27-18-20-19-17(16-4-2-10-26-16)21(18)11-15-3-1-9-25-15/h2,4-8,10,15H,1,3,9,11-12H2/t15-/m1/s1. The van der Waals surface area contributed by atoms with Gasteiger partial charge in [0.05, 0.1) is 22.4 Å². The molecular weight excluding hydrogens is 384 g/mol. The van der Waals surface area contributed by atoms with Crippen LogP contribution in [-0.4, -0.2) is 32.4 Å². The normalized spacial score (nSPS) is 16.7. The lowest BCUT2D eigenvalue weighted by Gasteiger charge is -2.14. The third-order valence-corrected chi connectivity index (χ3v) is 6.29. The number of ether oxygens (including phenoxy) is 1. The van der Waals surface area contributed by atoms with Crippen molar-refractivity contribution in [1.29, 1.82) is 0 Å². The summed E-state index contributed by atoms with van der Waals surface area (Å²) in [7, 11) is 0. The number of hydrogen-bond acceptors (Lipinski definition) is 7. The summed E-state index contributed by atoms with van der Waals surface area (Å²) in [4.78, 5) is 11.5. The molecule has 4 rings (SSSR count). The van der Waals surface area contributed by atoms with Crippen LogP contribution in [0.5, 0.6) is 0 Å². The van der Waals surface area contributed by atoms with Gasteiger partial charge in [-0.15, -0.1) is 21.5 Å². The zero-order valence-electron chi connectivity index (χ0n) is 14.5. The predicted molar refractivity (Wildman–Crippen MR) is 105 cm³/mol. The number of nitro groups is 1. The van der Waals surface area contributed by atoms with Crippen LogP contribution < -0.4 is 0 Å². The molecule has 0 bridgehead atoms. The summed E-state index contributed by atoms with van der Waals surface area (Å²) in [6, 6.07) is 10.7. The molecule has 0 N–H and O–H groups in total. The number of rotatable bonds is 7. The second kappa shape index (κ2) is 8.20. The minimum Gasteiger partial charge on any atom is -0.376 e. The van der Waals surface area contributed by atoms with Crippen LogP contribution in [0.2, 0.25) is 0 Å². The lowest BCUT2D eigenvalue weighted by Crippen LogP contribution is -2.16. The van der Waals surface area contributed by atoms with Gasteiger partial charge in [-0.05, 0) is 29.9 Å². The molecule has 0 aliphatic carbocycles. The molecule has 1 atom stereocenters. The van der Waals surface area contributed by atoms with Crippen molar-refractivity contribution >= 4 is 28.8 Å². The Balaban J connectivity index is 1.53. The van der Waals surface area contributed by atoms with Crippen molar-refractivity contribution in [2.45, 2.75) is 36.4 Å².